The van der Waals surface area contributed by atoms with Crippen molar-refractivity contribution in [2.24, 2.45) is 0 Å². The third kappa shape index (κ3) is 4.32. The van der Waals surface area contributed by atoms with Crippen LogP contribution in [0.4, 0.5) is 0 Å². The molecule has 0 saturated carbocycles. The van der Waals surface area contributed by atoms with Crippen LogP contribution in [0.25, 0.3) is 120 Å². The van der Waals surface area contributed by atoms with Gasteiger partial charge in [-0.2, -0.15) is 0 Å². The lowest BCUT2D eigenvalue weighted by Crippen LogP contribution is -2.01. The van der Waals surface area contributed by atoms with Gasteiger partial charge in [0.05, 0.1) is 33.0 Å². The highest BCUT2D eigenvalue weighted by molar-refractivity contribution is 7.25. The highest BCUT2D eigenvalue weighted by Gasteiger charge is 2.26. The molecule has 8 aromatic carbocycles. The van der Waals surface area contributed by atoms with E-state index in [0.717, 1.165) is 38.5 Å². The summed E-state index contributed by atoms with van der Waals surface area (Å²) in [5.74, 6) is 1.62. The fraction of sp³-hybridized carbons (Fsp3) is 0. The van der Waals surface area contributed by atoms with Crippen molar-refractivity contribution in [1.29, 1.82) is 0 Å². The van der Waals surface area contributed by atoms with Crippen LogP contribution in [0, 0.1) is 0 Å². The lowest BCUT2D eigenvalue weighted by molar-refractivity contribution is 1.08. The van der Waals surface area contributed by atoms with E-state index in [1.165, 1.54) is 81.2 Å². The summed E-state index contributed by atoms with van der Waals surface area (Å²) in [6, 6.07) is 65.7. The van der Waals surface area contributed by atoms with E-state index in [1.54, 1.807) is 11.3 Å². The van der Waals surface area contributed by atoms with Crippen molar-refractivity contribution < 1.29 is 0 Å². The van der Waals surface area contributed by atoms with Gasteiger partial charge in [0, 0.05) is 48.0 Å². The monoisotopic (exact) mass is 742 g/mol. The molecule has 5 heteroatoms. The summed E-state index contributed by atoms with van der Waals surface area (Å²) < 4.78 is 6.13. The molecule has 0 aliphatic heterocycles. The molecule has 0 aliphatic rings. The van der Waals surface area contributed by atoms with E-state index in [0.29, 0.717) is 0 Å². The van der Waals surface area contributed by atoms with Crippen LogP contribution < -0.4 is 0 Å². The molecule has 0 radical (unpaired) electrons. The zero-order valence-corrected chi connectivity index (χ0v) is 31.3. The molecule has 0 spiro atoms. The van der Waals surface area contributed by atoms with E-state index in [-0.39, 0.29) is 0 Å². The zero-order chi connectivity index (χ0) is 37.2. The van der Waals surface area contributed by atoms with Gasteiger partial charge in [0.15, 0.2) is 11.6 Å². The number of aromatic nitrogens is 4. The molecule has 0 saturated heterocycles. The first-order valence-corrected chi connectivity index (χ1v) is 20.2. The first-order valence-electron chi connectivity index (χ1n) is 19.3. The third-order valence-corrected chi connectivity index (χ3v) is 13.0. The molecule has 13 rings (SSSR count). The Kier molecular flexibility index (Phi) is 6.29. The number of hydrogen-bond acceptors (Lipinski definition) is 3. The van der Waals surface area contributed by atoms with E-state index in [4.69, 9.17) is 9.97 Å². The van der Waals surface area contributed by atoms with Crippen molar-refractivity contribution in [2.75, 3.05) is 0 Å². The summed E-state index contributed by atoms with van der Waals surface area (Å²) in [6.07, 6.45) is 0. The molecule has 0 atom stereocenters. The van der Waals surface area contributed by atoms with Crippen molar-refractivity contribution in [3.63, 3.8) is 0 Å². The minimum atomic E-state index is 0.718. The molecule has 0 bridgehead atoms. The van der Waals surface area contributed by atoms with E-state index in [9.17, 15) is 0 Å². The zero-order valence-electron chi connectivity index (χ0n) is 30.5. The summed E-state index contributed by atoms with van der Waals surface area (Å²) in [5.41, 5.74) is 11.7. The average molecular weight is 743 g/mol. The summed E-state index contributed by atoms with van der Waals surface area (Å²) in [5, 5.41) is 9.73. The summed E-state index contributed by atoms with van der Waals surface area (Å²) >= 11 is 1.74. The van der Waals surface area contributed by atoms with E-state index >= 15 is 0 Å². The van der Waals surface area contributed by atoms with Gasteiger partial charge in [0.25, 0.3) is 0 Å². The van der Waals surface area contributed by atoms with Gasteiger partial charge in [-0.3, -0.25) is 4.57 Å². The van der Waals surface area contributed by atoms with Crippen LogP contribution in [0.1, 0.15) is 0 Å². The van der Waals surface area contributed by atoms with Gasteiger partial charge in [-0.1, -0.05) is 152 Å². The van der Waals surface area contributed by atoms with Crippen LogP contribution >= 0.6 is 11.3 Å². The molecule has 264 valence electrons. The van der Waals surface area contributed by atoms with Crippen molar-refractivity contribution >= 4 is 91.5 Å². The molecule has 0 N–H and O–H groups in total. The third-order valence-electron chi connectivity index (χ3n) is 11.9. The highest BCUT2D eigenvalue weighted by Crippen LogP contribution is 2.48. The summed E-state index contributed by atoms with van der Waals surface area (Å²) in [6.45, 7) is 0. The average Bonchev–Trinajstić information content (AvgIpc) is 4.02. The van der Waals surface area contributed by atoms with Gasteiger partial charge in [-0.05, 0) is 52.6 Å². The Bertz CT molecular complexity index is 3730. The van der Waals surface area contributed by atoms with E-state index < -0.39 is 0 Å². The lowest BCUT2D eigenvalue weighted by Gasteiger charge is -2.12. The van der Waals surface area contributed by atoms with Gasteiger partial charge in [0.1, 0.15) is 4.83 Å². The fourth-order valence-corrected chi connectivity index (χ4v) is 10.5. The van der Waals surface area contributed by atoms with Crippen molar-refractivity contribution in [3.05, 3.63) is 182 Å². The van der Waals surface area contributed by atoms with Crippen LogP contribution in [-0.2, 0) is 0 Å². The van der Waals surface area contributed by atoms with Crippen LogP contribution in [0.3, 0.4) is 0 Å². The minimum Gasteiger partial charge on any atom is -0.308 e. The van der Waals surface area contributed by atoms with Crippen molar-refractivity contribution in [1.82, 2.24) is 18.9 Å². The number of para-hydroxylation sites is 2. The van der Waals surface area contributed by atoms with Crippen molar-refractivity contribution in [2.45, 2.75) is 0 Å². The smallest absolute Gasteiger partial charge is 0.163 e. The molecule has 4 nitrogen and oxygen atoms in total. The maximum Gasteiger partial charge on any atom is 0.163 e. The van der Waals surface area contributed by atoms with Gasteiger partial charge in [-0.25, -0.2) is 9.97 Å². The van der Waals surface area contributed by atoms with Crippen LogP contribution in [0.5, 0.6) is 0 Å². The second-order valence-corrected chi connectivity index (χ2v) is 16.0. The molecule has 5 aromatic heterocycles. The number of rotatable bonds is 4. The SMILES string of the molecule is c1ccc(-c2ccc(-c3nc(-n4c5ccccc5c5c6c7ccccc7n7c8cc(-c9ccccc9)ccc8c(cc54)c67)c4c(n3)sc3ccccc34)cc2)cc1. The molecule has 0 aliphatic carbocycles. The van der Waals surface area contributed by atoms with Crippen LogP contribution in [-0.4, -0.2) is 18.9 Å². The molecule has 13 aromatic rings. The first kappa shape index (κ1) is 30.9. The topological polar surface area (TPSA) is 35.1 Å². The maximum absolute atomic E-state index is 5.58. The lowest BCUT2D eigenvalue weighted by atomic mass is 10.0. The standard InChI is InChI=1S/C52H30N4S/c1-3-13-31(14-4-1)33-23-25-34(26-24-33)50-53-51(48-39-19-9-12-22-45(39)57-52(48)54-50)56-42-21-11-7-17-37(42)46-44(56)30-40-36-28-27-35(32-15-5-2-6-16-32)29-43(36)55-41-20-10-8-18-38(41)47(46)49(40)55/h1-30H. The van der Waals surface area contributed by atoms with Crippen LogP contribution in [0.2, 0.25) is 0 Å². The predicted octanol–water partition coefficient (Wildman–Crippen LogP) is 14.1. The first-order chi connectivity index (χ1) is 28.3. The Morgan fingerprint density at radius 1 is 0.368 bits per heavy atom. The Morgan fingerprint density at radius 2 is 0.965 bits per heavy atom. The van der Waals surface area contributed by atoms with Crippen LogP contribution in [0.15, 0.2) is 182 Å². The second-order valence-electron chi connectivity index (χ2n) is 14.9. The molecule has 0 unspecified atom stereocenters. The minimum absolute atomic E-state index is 0.718. The summed E-state index contributed by atoms with van der Waals surface area (Å²) in [7, 11) is 0. The Balaban J connectivity index is 1.16. The van der Waals surface area contributed by atoms with Gasteiger partial charge < -0.3 is 4.40 Å². The quantitative estimate of drug-likeness (QED) is 0.180. The van der Waals surface area contributed by atoms with E-state index in [2.05, 4.69) is 191 Å². The normalized spacial score (nSPS) is 12.2. The second kappa shape index (κ2) is 11.6. The molecule has 0 amide bonds. The maximum atomic E-state index is 5.58. The van der Waals surface area contributed by atoms with Crippen molar-refractivity contribution in [3.8, 4) is 39.5 Å². The predicted molar refractivity (Wildman–Crippen MR) is 240 cm³/mol. The Morgan fingerprint density at radius 3 is 1.74 bits per heavy atom. The largest absolute Gasteiger partial charge is 0.308 e. The molecule has 57 heavy (non-hydrogen) atoms. The number of thiophene rings is 1. The fourth-order valence-electron chi connectivity index (χ4n) is 9.39. The highest BCUT2D eigenvalue weighted by atomic mass is 32.1. The molecule has 0 fully saturated rings. The Labute approximate surface area is 330 Å². The van der Waals surface area contributed by atoms with E-state index in [1.807, 2.05) is 0 Å². The number of benzene rings is 8. The van der Waals surface area contributed by atoms with Gasteiger partial charge >= 0.3 is 0 Å². The van der Waals surface area contributed by atoms with Gasteiger partial charge in [-0.15, -0.1) is 11.3 Å². The number of nitrogens with zero attached hydrogens (tertiary/aromatic N) is 4. The summed E-state index contributed by atoms with van der Waals surface area (Å²) in [4.78, 5) is 11.9. The number of hydrogen-bond donors (Lipinski definition) is 0. The molecular formula is C52H30N4S. The molecule has 5 heterocycles. The Hall–Kier alpha value is -7.34. The van der Waals surface area contributed by atoms with Gasteiger partial charge in [0.2, 0.25) is 0 Å². The molecular weight excluding hydrogens is 713 g/mol. The number of fused-ring (bicyclic) bond motifs is 13.